The smallest absolute Gasteiger partial charge is 0.307 e. The molecule has 2 rings (SSSR count). The Kier molecular flexibility index (Phi) is 6.81. The summed E-state index contributed by atoms with van der Waals surface area (Å²) < 4.78 is 36.6. The zero-order chi connectivity index (χ0) is 18.3. The molecule has 2 aromatic rings. The number of sulfonamides is 1. The van der Waals surface area contributed by atoms with Gasteiger partial charge in [0, 0.05) is 11.6 Å². The van der Waals surface area contributed by atoms with E-state index in [1.165, 1.54) is 24.3 Å². The lowest BCUT2D eigenvalue weighted by atomic mass is 10.2. The lowest BCUT2D eigenvalue weighted by Gasteiger charge is -2.08. The average molecular weight is 384 g/mol. The van der Waals surface area contributed by atoms with E-state index in [2.05, 4.69) is 4.72 Å². The second kappa shape index (κ2) is 8.84. The van der Waals surface area contributed by atoms with Crippen molar-refractivity contribution in [2.45, 2.75) is 17.9 Å². The molecule has 0 bridgehead atoms. The van der Waals surface area contributed by atoms with Crippen molar-refractivity contribution in [2.75, 3.05) is 13.7 Å². The highest BCUT2D eigenvalue weighted by Crippen LogP contribution is 2.14. The first-order valence-electron chi connectivity index (χ1n) is 7.44. The zero-order valence-electron chi connectivity index (χ0n) is 13.6. The molecule has 134 valence electrons. The molecule has 1 N–H and O–H groups in total. The first-order valence-corrected chi connectivity index (χ1v) is 9.30. The average Bonchev–Trinajstić information content (AvgIpc) is 2.60. The van der Waals surface area contributed by atoms with Crippen LogP contribution in [-0.2, 0) is 26.2 Å². The minimum absolute atomic E-state index is 0.0492. The molecule has 0 aliphatic heterocycles. The van der Waals surface area contributed by atoms with Crippen LogP contribution < -0.4 is 9.46 Å². The third-order valence-corrected chi connectivity index (χ3v) is 5.03. The number of carbonyl (C=O) groups excluding carboxylic acids is 1. The van der Waals surface area contributed by atoms with Gasteiger partial charge in [0.15, 0.2) is 0 Å². The molecule has 0 saturated heterocycles. The molecule has 6 nitrogen and oxygen atoms in total. The Morgan fingerprint density at radius 3 is 2.32 bits per heavy atom. The number of ether oxygens (including phenoxy) is 2. The molecular formula is C17H18ClNO5S. The van der Waals surface area contributed by atoms with Crippen LogP contribution in [0.25, 0.3) is 0 Å². The number of benzene rings is 2. The molecule has 0 aromatic heterocycles. The molecular weight excluding hydrogens is 366 g/mol. The standard InChI is InChI=1S/C17H18ClNO5S/c1-23-15-6-2-13(3-7-15)12-24-17(20)10-11-19-25(21,22)16-8-4-14(18)5-9-16/h2-9,19H,10-12H2,1H3. The summed E-state index contributed by atoms with van der Waals surface area (Å²) >= 11 is 5.73. The molecule has 0 atom stereocenters. The topological polar surface area (TPSA) is 81.7 Å². The van der Waals surface area contributed by atoms with E-state index in [-0.39, 0.29) is 24.5 Å². The van der Waals surface area contributed by atoms with Gasteiger partial charge in [-0.3, -0.25) is 4.79 Å². The number of hydrogen-bond donors (Lipinski definition) is 1. The van der Waals surface area contributed by atoms with E-state index in [0.29, 0.717) is 10.8 Å². The van der Waals surface area contributed by atoms with Gasteiger partial charge in [0.2, 0.25) is 10.0 Å². The van der Waals surface area contributed by atoms with Crippen molar-refractivity contribution in [3.8, 4) is 5.75 Å². The maximum atomic E-state index is 12.0. The van der Waals surface area contributed by atoms with Crippen molar-refractivity contribution in [3.63, 3.8) is 0 Å². The summed E-state index contributed by atoms with van der Waals surface area (Å²) in [5.41, 5.74) is 0.816. The van der Waals surface area contributed by atoms with E-state index < -0.39 is 16.0 Å². The number of nitrogens with one attached hydrogen (secondary N) is 1. The molecule has 0 saturated carbocycles. The monoisotopic (exact) mass is 383 g/mol. The summed E-state index contributed by atoms with van der Waals surface area (Å²) in [7, 11) is -2.11. The van der Waals surface area contributed by atoms with Crippen molar-refractivity contribution >= 4 is 27.6 Å². The Balaban J connectivity index is 1.76. The quantitative estimate of drug-likeness (QED) is 0.709. The molecule has 25 heavy (non-hydrogen) atoms. The third-order valence-electron chi connectivity index (χ3n) is 3.30. The molecule has 0 spiro atoms. The van der Waals surface area contributed by atoms with E-state index in [1.807, 2.05) is 0 Å². The van der Waals surface area contributed by atoms with Crippen molar-refractivity contribution in [2.24, 2.45) is 0 Å². The van der Waals surface area contributed by atoms with Crippen LogP contribution in [0.2, 0.25) is 5.02 Å². The molecule has 8 heteroatoms. The van der Waals surface area contributed by atoms with Gasteiger partial charge >= 0.3 is 5.97 Å². The highest BCUT2D eigenvalue weighted by Gasteiger charge is 2.14. The van der Waals surface area contributed by atoms with Gasteiger partial charge in [-0.05, 0) is 42.0 Å². The Hall–Kier alpha value is -2.09. The van der Waals surface area contributed by atoms with Crippen molar-refractivity contribution in [1.29, 1.82) is 0 Å². The predicted octanol–water partition coefficient (Wildman–Crippen LogP) is 2.76. The SMILES string of the molecule is COc1ccc(COC(=O)CCNS(=O)(=O)c2ccc(Cl)cc2)cc1. The predicted molar refractivity (Wildman–Crippen MR) is 94.0 cm³/mol. The maximum absolute atomic E-state index is 12.0. The summed E-state index contributed by atoms with van der Waals surface area (Å²) in [6.07, 6.45) is -0.0665. The molecule has 0 fully saturated rings. The normalized spacial score (nSPS) is 11.1. The van der Waals surface area contributed by atoms with E-state index in [0.717, 1.165) is 5.56 Å². The fourth-order valence-electron chi connectivity index (χ4n) is 1.94. The Bertz CT molecular complexity index is 804. The van der Waals surface area contributed by atoms with Gasteiger partial charge in [0.25, 0.3) is 0 Å². The fraction of sp³-hybridized carbons (Fsp3) is 0.235. The number of hydrogen-bond acceptors (Lipinski definition) is 5. The molecule has 0 amide bonds. The Morgan fingerprint density at radius 1 is 1.08 bits per heavy atom. The molecule has 0 radical (unpaired) electrons. The van der Waals surface area contributed by atoms with Crippen LogP contribution in [0.4, 0.5) is 0 Å². The van der Waals surface area contributed by atoms with Crippen molar-refractivity contribution in [3.05, 3.63) is 59.1 Å². The van der Waals surface area contributed by atoms with Crippen molar-refractivity contribution < 1.29 is 22.7 Å². The number of esters is 1. The van der Waals surface area contributed by atoms with Crippen LogP contribution in [0, 0.1) is 0 Å². The summed E-state index contributed by atoms with van der Waals surface area (Å²) in [5, 5.41) is 0.445. The summed E-state index contributed by atoms with van der Waals surface area (Å²) in [6.45, 7) is 0.0686. The second-order valence-electron chi connectivity index (χ2n) is 5.11. The minimum atomic E-state index is -3.68. The van der Waals surface area contributed by atoms with E-state index >= 15 is 0 Å². The molecule has 0 heterocycles. The second-order valence-corrected chi connectivity index (χ2v) is 7.31. The van der Waals surface area contributed by atoms with Gasteiger partial charge in [-0.25, -0.2) is 13.1 Å². The largest absolute Gasteiger partial charge is 0.497 e. The number of methoxy groups -OCH3 is 1. The van der Waals surface area contributed by atoms with Gasteiger partial charge < -0.3 is 9.47 Å². The van der Waals surface area contributed by atoms with Gasteiger partial charge in [0.05, 0.1) is 18.4 Å². The van der Waals surface area contributed by atoms with E-state index in [1.54, 1.807) is 31.4 Å². The van der Waals surface area contributed by atoms with Crippen LogP contribution in [-0.4, -0.2) is 28.0 Å². The van der Waals surface area contributed by atoms with Gasteiger partial charge in [-0.1, -0.05) is 23.7 Å². The van der Waals surface area contributed by atoms with E-state index in [9.17, 15) is 13.2 Å². The van der Waals surface area contributed by atoms with Crippen LogP contribution in [0.5, 0.6) is 5.75 Å². The van der Waals surface area contributed by atoms with Gasteiger partial charge in [-0.2, -0.15) is 0 Å². The zero-order valence-corrected chi connectivity index (χ0v) is 15.1. The van der Waals surface area contributed by atoms with Crippen LogP contribution >= 0.6 is 11.6 Å². The summed E-state index contributed by atoms with van der Waals surface area (Å²) in [5.74, 6) is 0.223. The Morgan fingerprint density at radius 2 is 1.72 bits per heavy atom. The molecule has 0 aliphatic carbocycles. The molecule has 0 aliphatic rings. The lowest BCUT2D eigenvalue weighted by Crippen LogP contribution is -2.26. The van der Waals surface area contributed by atoms with Crippen LogP contribution in [0.1, 0.15) is 12.0 Å². The minimum Gasteiger partial charge on any atom is -0.497 e. The van der Waals surface area contributed by atoms with Gasteiger partial charge in [-0.15, -0.1) is 0 Å². The lowest BCUT2D eigenvalue weighted by molar-refractivity contribution is -0.144. The van der Waals surface area contributed by atoms with Crippen LogP contribution in [0.15, 0.2) is 53.4 Å². The van der Waals surface area contributed by atoms with Gasteiger partial charge in [0.1, 0.15) is 12.4 Å². The number of carbonyl (C=O) groups is 1. The first-order chi connectivity index (χ1) is 11.9. The van der Waals surface area contributed by atoms with Crippen LogP contribution in [0.3, 0.4) is 0 Å². The number of rotatable bonds is 8. The summed E-state index contributed by atoms with van der Waals surface area (Å²) in [6, 6.07) is 12.9. The highest BCUT2D eigenvalue weighted by atomic mass is 35.5. The first kappa shape index (κ1) is 19.2. The molecule has 0 unspecified atom stereocenters. The van der Waals surface area contributed by atoms with Crippen molar-refractivity contribution in [1.82, 2.24) is 4.72 Å². The molecule has 2 aromatic carbocycles. The Labute approximate surface area is 151 Å². The van der Waals surface area contributed by atoms with E-state index in [4.69, 9.17) is 21.1 Å². The summed E-state index contributed by atoms with van der Waals surface area (Å²) in [4.78, 5) is 11.8. The highest BCUT2D eigenvalue weighted by molar-refractivity contribution is 7.89. The number of halogens is 1. The maximum Gasteiger partial charge on any atom is 0.307 e. The fourth-order valence-corrected chi connectivity index (χ4v) is 3.10. The third kappa shape index (κ3) is 6.04.